The van der Waals surface area contributed by atoms with E-state index in [4.69, 9.17) is 23.2 Å². The molecule has 1 aromatic heterocycles. The van der Waals surface area contributed by atoms with E-state index in [2.05, 4.69) is 34.3 Å². The van der Waals surface area contributed by atoms with Gasteiger partial charge in [0.25, 0.3) is 0 Å². The predicted molar refractivity (Wildman–Crippen MR) is 119 cm³/mol. The first kappa shape index (κ1) is 20.0. The number of nitrogens with one attached hydrogen (secondary N) is 1. The Morgan fingerprint density at radius 2 is 1.69 bits per heavy atom. The summed E-state index contributed by atoms with van der Waals surface area (Å²) in [6.07, 6.45) is 3.04. The van der Waals surface area contributed by atoms with Gasteiger partial charge in [-0.2, -0.15) is 0 Å². The molecule has 1 N–H and O–H groups in total. The average Bonchev–Trinajstić information content (AvgIpc) is 3.06. The largest absolute Gasteiger partial charge is 0.343 e. The van der Waals surface area contributed by atoms with E-state index in [0.29, 0.717) is 16.6 Å². The monoisotopic (exact) mass is 426 g/mol. The highest BCUT2D eigenvalue weighted by atomic mass is 35.5. The summed E-state index contributed by atoms with van der Waals surface area (Å²) >= 11 is 12.4. The third-order valence-electron chi connectivity index (χ3n) is 5.05. The highest BCUT2D eigenvalue weighted by Gasteiger charge is 2.10. The number of halogens is 3. The fraction of sp³-hybridized carbons (Fsp3) is 0.167. The van der Waals surface area contributed by atoms with Crippen molar-refractivity contribution in [2.45, 2.75) is 19.5 Å². The first-order valence-electron chi connectivity index (χ1n) is 9.56. The third kappa shape index (κ3) is 4.81. The molecule has 0 spiro atoms. The predicted octanol–water partition coefficient (Wildman–Crippen LogP) is 6.47. The van der Waals surface area contributed by atoms with Crippen molar-refractivity contribution in [1.29, 1.82) is 0 Å². The minimum Gasteiger partial charge on any atom is -0.343 e. The summed E-state index contributed by atoms with van der Waals surface area (Å²) < 4.78 is 15.2. The van der Waals surface area contributed by atoms with Crippen LogP contribution in [-0.2, 0) is 19.5 Å². The number of para-hydroxylation sites is 1. The van der Waals surface area contributed by atoms with Crippen molar-refractivity contribution in [3.05, 3.63) is 105 Å². The van der Waals surface area contributed by atoms with E-state index in [1.165, 1.54) is 28.6 Å². The zero-order valence-corrected chi connectivity index (χ0v) is 17.3. The van der Waals surface area contributed by atoms with Crippen LogP contribution in [0.2, 0.25) is 10.0 Å². The number of fused-ring (bicyclic) bond motifs is 1. The van der Waals surface area contributed by atoms with E-state index in [9.17, 15) is 4.39 Å². The Hall–Kier alpha value is -2.33. The molecule has 0 bridgehead atoms. The van der Waals surface area contributed by atoms with Crippen LogP contribution in [0.4, 0.5) is 4.39 Å². The van der Waals surface area contributed by atoms with Gasteiger partial charge in [-0.25, -0.2) is 4.39 Å². The molecule has 0 radical (unpaired) electrons. The summed E-state index contributed by atoms with van der Waals surface area (Å²) in [5, 5.41) is 6.05. The lowest BCUT2D eigenvalue weighted by atomic mass is 10.1. The van der Waals surface area contributed by atoms with Gasteiger partial charge in [0.2, 0.25) is 0 Å². The van der Waals surface area contributed by atoms with Crippen molar-refractivity contribution in [2.75, 3.05) is 6.54 Å². The van der Waals surface area contributed by atoms with Crippen molar-refractivity contribution in [3.8, 4) is 0 Å². The number of nitrogens with zero attached hydrogens (tertiary/aromatic N) is 1. The minimum absolute atomic E-state index is 0.199. The van der Waals surface area contributed by atoms with Crippen LogP contribution in [-0.4, -0.2) is 11.1 Å². The van der Waals surface area contributed by atoms with Gasteiger partial charge < -0.3 is 9.88 Å². The summed E-state index contributed by atoms with van der Waals surface area (Å²) in [6.45, 7) is 2.28. The normalized spacial score (nSPS) is 11.3. The van der Waals surface area contributed by atoms with E-state index in [-0.39, 0.29) is 5.82 Å². The van der Waals surface area contributed by atoms with Crippen molar-refractivity contribution in [2.24, 2.45) is 0 Å². The van der Waals surface area contributed by atoms with Gasteiger partial charge in [-0.1, -0.05) is 59.6 Å². The summed E-state index contributed by atoms with van der Waals surface area (Å²) in [5.74, 6) is -0.199. The molecule has 0 unspecified atom stereocenters. The Morgan fingerprint density at radius 3 is 2.48 bits per heavy atom. The van der Waals surface area contributed by atoms with Crippen LogP contribution >= 0.6 is 23.2 Å². The Kier molecular flexibility index (Phi) is 6.19. The number of rotatable bonds is 7. The molecule has 0 saturated heterocycles. The maximum Gasteiger partial charge on any atom is 0.123 e. The summed E-state index contributed by atoms with van der Waals surface area (Å²) in [5.41, 5.74) is 4.57. The molecule has 0 saturated carbocycles. The second-order valence-electron chi connectivity index (χ2n) is 7.09. The van der Waals surface area contributed by atoms with Gasteiger partial charge in [0, 0.05) is 40.2 Å². The number of benzene rings is 3. The summed E-state index contributed by atoms with van der Waals surface area (Å²) in [7, 11) is 0. The molecule has 0 aliphatic heterocycles. The first-order valence-corrected chi connectivity index (χ1v) is 10.3. The van der Waals surface area contributed by atoms with E-state index >= 15 is 0 Å². The van der Waals surface area contributed by atoms with Gasteiger partial charge in [-0.15, -0.1) is 0 Å². The van der Waals surface area contributed by atoms with Gasteiger partial charge >= 0.3 is 0 Å². The fourth-order valence-corrected chi connectivity index (χ4v) is 4.00. The van der Waals surface area contributed by atoms with Gasteiger partial charge in [-0.05, 0) is 60.0 Å². The highest BCUT2D eigenvalue weighted by molar-refractivity contribution is 6.35. The smallest absolute Gasteiger partial charge is 0.123 e. The summed E-state index contributed by atoms with van der Waals surface area (Å²) in [6, 6.07) is 20.7. The van der Waals surface area contributed by atoms with Crippen LogP contribution in [0.25, 0.3) is 10.9 Å². The molecule has 2 nitrogen and oxygen atoms in total. The molecular formula is C24H21Cl2FN2. The molecule has 0 fully saturated rings. The van der Waals surface area contributed by atoms with Crippen LogP contribution in [0.3, 0.4) is 0 Å². The third-order valence-corrected chi connectivity index (χ3v) is 5.63. The molecule has 0 aliphatic carbocycles. The quantitative estimate of drug-likeness (QED) is 0.335. The molecule has 3 aromatic carbocycles. The topological polar surface area (TPSA) is 17.0 Å². The Balaban J connectivity index is 1.47. The molecule has 0 aliphatic rings. The lowest BCUT2D eigenvalue weighted by Crippen LogP contribution is -2.16. The molecule has 4 aromatic rings. The number of aromatic nitrogens is 1. The van der Waals surface area contributed by atoms with Crippen molar-refractivity contribution in [3.63, 3.8) is 0 Å². The van der Waals surface area contributed by atoms with Crippen molar-refractivity contribution < 1.29 is 4.39 Å². The van der Waals surface area contributed by atoms with Crippen LogP contribution in [0.1, 0.15) is 16.7 Å². The molecule has 4 rings (SSSR count). The van der Waals surface area contributed by atoms with E-state index in [0.717, 1.165) is 30.6 Å². The molecular weight excluding hydrogens is 406 g/mol. The zero-order chi connectivity index (χ0) is 20.2. The van der Waals surface area contributed by atoms with Crippen molar-refractivity contribution in [1.82, 2.24) is 9.88 Å². The lowest BCUT2D eigenvalue weighted by molar-refractivity contribution is 0.626. The zero-order valence-electron chi connectivity index (χ0n) is 15.8. The van der Waals surface area contributed by atoms with E-state index in [1.54, 1.807) is 6.07 Å². The number of hydrogen-bond donors (Lipinski definition) is 1. The highest BCUT2D eigenvalue weighted by Crippen LogP contribution is 2.26. The van der Waals surface area contributed by atoms with Gasteiger partial charge in [0.1, 0.15) is 5.82 Å². The molecule has 148 valence electrons. The minimum atomic E-state index is -0.199. The maximum absolute atomic E-state index is 13.0. The first-order chi connectivity index (χ1) is 14.1. The van der Waals surface area contributed by atoms with Gasteiger partial charge in [0.05, 0.1) is 0 Å². The van der Waals surface area contributed by atoms with E-state index in [1.807, 2.05) is 30.3 Å². The maximum atomic E-state index is 13.0. The van der Waals surface area contributed by atoms with Crippen LogP contribution < -0.4 is 5.32 Å². The average molecular weight is 427 g/mol. The van der Waals surface area contributed by atoms with E-state index < -0.39 is 0 Å². The molecule has 0 atom stereocenters. The molecule has 0 amide bonds. The number of hydrogen-bond acceptors (Lipinski definition) is 1. The molecule has 1 heterocycles. The summed E-state index contributed by atoms with van der Waals surface area (Å²) in [4.78, 5) is 0. The molecule has 29 heavy (non-hydrogen) atoms. The van der Waals surface area contributed by atoms with Crippen LogP contribution in [0.5, 0.6) is 0 Å². The van der Waals surface area contributed by atoms with Crippen LogP contribution in [0, 0.1) is 5.82 Å². The van der Waals surface area contributed by atoms with Crippen LogP contribution in [0.15, 0.2) is 72.9 Å². The second kappa shape index (κ2) is 9.00. The Bertz CT molecular complexity index is 1120. The standard InChI is InChI=1S/C24H21Cl2FN2/c25-20-8-7-18(23(26)13-20)15-29-16-19(22-3-1-2-4-24(22)29)14-28-12-11-17-5-9-21(27)10-6-17/h1-10,13,16,28H,11-12,14-15H2. The van der Waals surface area contributed by atoms with Gasteiger partial charge in [-0.3, -0.25) is 0 Å². The Labute approximate surface area is 179 Å². The Morgan fingerprint density at radius 1 is 0.897 bits per heavy atom. The molecule has 5 heteroatoms. The SMILES string of the molecule is Fc1ccc(CCNCc2cn(Cc3ccc(Cl)cc3Cl)c3ccccc23)cc1. The second-order valence-corrected chi connectivity index (χ2v) is 7.93. The van der Waals surface area contributed by atoms with Gasteiger partial charge in [0.15, 0.2) is 0 Å². The van der Waals surface area contributed by atoms with Crippen molar-refractivity contribution >= 4 is 34.1 Å². The fourth-order valence-electron chi connectivity index (χ4n) is 3.53. The lowest BCUT2D eigenvalue weighted by Gasteiger charge is -2.08.